The molecule has 1 heterocycles. The highest BCUT2D eigenvalue weighted by molar-refractivity contribution is 5.90. The van der Waals surface area contributed by atoms with Gasteiger partial charge in [0.2, 0.25) is 0 Å². The second kappa shape index (κ2) is 6.09. The van der Waals surface area contributed by atoms with E-state index in [1.807, 2.05) is 12.1 Å². The van der Waals surface area contributed by atoms with Crippen LogP contribution in [0.3, 0.4) is 0 Å². The van der Waals surface area contributed by atoms with Crippen LogP contribution in [0.15, 0.2) is 18.3 Å². The van der Waals surface area contributed by atoms with Crippen LogP contribution >= 0.6 is 0 Å². The Morgan fingerprint density at radius 2 is 2.12 bits per heavy atom. The maximum absolute atomic E-state index is 11.3. The van der Waals surface area contributed by atoms with E-state index < -0.39 is 5.97 Å². The van der Waals surface area contributed by atoms with Crippen LogP contribution < -0.4 is 4.90 Å². The quantitative estimate of drug-likeness (QED) is 0.559. The Morgan fingerprint density at radius 3 is 2.65 bits per heavy atom. The summed E-state index contributed by atoms with van der Waals surface area (Å²) < 4.78 is 4.58. The number of hydrogen-bond acceptors (Lipinski definition) is 6. The maximum Gasteiger partial charge on any atom is 0.338 e. The molecule has 0 aromatic carbocycles. The molecule has 1 rings (SSSR count). The molecule has 1 aromatic rings. The summed E-state index contributed by atoms with van der Waals surface area (Å²) in [5.41, 5.74) is 0.332. The van der Waals surface area contributed by atoms with E-state index in [1.54, 1.807) is 0 Å². The summed E-state index contributed by atoms with van der Waals surface area (Å²) in [6, 6.07) is 6.86. The lowest BCUT2D eigenvalue weighted by Crippen LogP contribution is -2.25. The first-order valence-corrected chi connectivity index (χ1v) is 4.76. The van der Waals surface area contributed by atoms with Crippen LogP contribution in [0, 0.1) is 22.7 Å². The zero-order valence-corrected chi connectivity index (χ0v) is 9.25. The van der Waals surface area contributed by atoms with Gasteiger partial charge in [0, 0.05) is 6.20 Å². The third-order valence-electron chi connectivity index (χ3n) is 2.01. The van der Waals surface area contributed by atoms with E-state index >= 15 is 0 Å². The molecule has 17 heavy (non-hydrogen) atoms. The molecular formula is C11H10N4O2. The number of ether oxygens (including phenoxy) is 1. The van der Waals surface area contributed by atoms with Gasteiger partial charge in [0.1, 0.15) is 18.9 Å². The van der Waals surface area contributed by atoms with Crippen molar-refractivity contribution in [3.05, 3.63) is 23.9 Å². The summed E-state index contributed by atoms with van der Waals surface area (Å²) >= 11 is 0. The van der Waals surface area contributed by atoms with Crippen LogP contribution in [-0.4, -0.2) is 31.2 Å². The number of carbonyl (C=O) groups excluding carboxylic acids is 1. The molecule has 0 amide bonds. The fourth-order valence-electron chi connectivity index (χ4n) is 1.22. The van der Waals surface area contributed by atoms with Gasteiger partial charge >= 0.3 is 5.97 Å². The molecule has 0 fully saturated rings. The molecule has 1 aromatic heterocycles. The highest BCUT2D eigenvalue weighted by atomic mass is 16.5. The van der Waals surface area contributed by atoms with Crippen LogP contribution in [0.4, 0.5) is 5.82 Å². The molecule has 0 spiro atoms. The fourth-order valence-corrected chi connectivity index (χ4v) is 1.22. The predicted octanol–water partition coefficient (Wildman–Crippen LogP) is 0.722. The summed E-state index contributed by atoms with van der Waals surface area (Å²) in [7, 11) is 1.28. The first-order chi connectivity index (χ1) is 8.22. The topological polar surface area (TPSA) is 90.0 Å². The molecule has 0 bridgehead atoms. The Bertz CT molecular complexity index is 471. The lowest BCUT2D eigenvalue weighted by atomic mass is 10.2. The van der Waals surface area contributed by atoms with Crippen molar-refractivity contribution in [3.8, 4) is 12.1 Å². The predicted molar refractivity (Wildman–Crippen MR) is 59.0 cm³/mol. The molecule has 0 unspecified atom stereocenters. The molecule has 0 radical (unpaired) electrons. The van der Waals surface area contributed by atoms with E-state index in [4.69, 9.17) is 10.5 Å². The van der Waals surface area contributed by atoms with E-state index in [2.05, 4.69) is 9.72 Å². The number of nitriles is 2. The number of anilines is 1. The summed E-state index contributed by atoms with van der Waals surface area (Å²) in [5.74, 6) is -0.0847. The zero-order valence-electron chi connectivity index (χ0n) is 9.25. The second-order valence-electron chi connectivity index (χ2n) is 3.07. The first kappa shape index (κ1) is 12.5. The molecular weight excluding hydrogens is 220 g/mol. The van der Waals surface area contributed by atoms with Gasteiger partial charge in [0.05, 0.1) is 24.8 Å². The number of hydrogen-bond donors (Lipinski definition) is 0. The highest BCUT2D eigenvalue weighted by Gasteiger charge is 2.11. The van der Waals surface area contributed by atoms with Gasteiger partial charge in [-0.3, -0.25) is 0 Å². The number of carbonyl (C=O) groups is 1. The normalized spacial score (nSPS) is 8.88. The van der Waals surface area contributed by atoms with Crippen molar-refractivity contribution in [3.63, 3.8) is 0 Å². The summed E-state index contributed by atoms with van der Waals surface area (Å²) in [6.07, 6.45) is 1.43. The first-order valence-electron chi connectivity index (χ1n) is 4.76. The zero-order chi connectivity index (χ0) is 12.7. The van der Waals surface area contributed by atoms with Crippen molar-refractivity contribution in [2.75, 3.05) is 25.1 Å². The van der Waals surface area contributed by atoms with Crippen LogP contribution in [0.2, 0.25) is 0 Å². The Morgan fingerprint density at radius 1 is 1.47 bits per heavy atom. The third-order valence-corrected chi connectivity index (χ3v) is 2.01. The lowest BCUT2D eigenvalue weighted by Gasteiger charge is -2.16. The highest BCUT2D eigenvalue weighted by Crippen LogP contribution is 2.12. The smallest absolute Gasteiger partial charge is 0.338 e. The van der Waals surface area contributed by atoms with E-state index in [0.29, 0.717) is 11.4 Å². The van der Waals surface area contributed by atoms with Crippen molar-refractivity contribution in [2.24, 2.45) is 0 Å². The molecule has 0 N–H and O–H groups in total. The summed E-state index contributed by atoms with van der Waals surface area (Å²) in [5, 5.41) is 17.3. The monoisotopic (exact) mass is 230 g/mol. The van der Waals surface area contributed by atoms with Gasteiger partial charge in [-0.05, 0) is 12.1 Å². The van der Waals surface area contributed by atoms with Gasteiger partial charge in [-0.15, -0.1) is 0 Å². The number of rotatable bonds is 4. The van der Waals surface area contributed by atoms with Crippen molar-refractivity contribution in [1.82, 2.24) is 4.98 Å². The van der Waals surface area contributed by atoms with Gasteiger partial charge in [-0.25, -0.2) is 9.78 Å². The van der Waals surface area contributed by atoms with Crippen molar-refractivity contribution in [1.29, 1.82) is 10.5 Å². The minimum Gasteiger partial charge on any atom is -0.465 e. The average Bonchev–Trinajstić information content (AvgIpc) is 2.37. The van der Waals surface area contributed by atoms with Crippen molar-refractivity contribution < 1.29 is 9.53 Å². The molecule has 0 saturated carbocycles. The van der Waals surface area contributed by atoms with Gasteiger partial charge < -0.3 is 9.64 Å². The van der Waals surface area contributed by atoms with Crippen molar-refractivity contribution in [2.45, 2.75) is 0 Å². The summed E-state index contributed by atoms with van der Waals surface area (Å²) in [4.78, 5) is 16.8. The van der Waals surface area contributed by atoms with Crippen LogP contribution in [0.25, 0.3) is 0 Å². The van der Waals surface area contributed by atoms with Gasteiger partial charge in [-0.1, -0.05) is 0 Å². The number of methoxy groups -OCH3 is 1. The van der Waals surface area contributed by atoms with E-state index in [1.165, 1.54) is 30.3 Å². The van der Waals surface area contributed by atoms with Crippen molar-refractivity contribution >= 4 is 11.8 Å². The fraction of sp³-hybridized carbons (Fsp3) is 0.273. The molecule has 0 aliphatic rings. The minimum absolute atomic E-state index is 0.0329. The number of esters is 1. The van der Waals surface area contributed by atoms with E-state index in [9.17, 15) is 4.79 Å². The summed E-state index contributed by atoms with van der Waals surface area (Å²) in [6.45, 7) is 0.0658. The standard InChI is InChI=1S/C11H10N4O2/c1-17-11(16)9-2-5-14-10(8-9)15(6-3-12)7-4-13/h2,5,8H,6-7H2,1H3. The number of aromatic nitrogens is 1. The molecule has 0 aliphatic carbocycles. The second-order valence-corrected chi connectivity index (χ2v) is 3.07. The lowest BCUT2D eigenvalue weighted by molar-refractivity contribution is 0.0600. The molecule has 6 heteroatoms. The molecule has 86 valence electrons. The largest absolute Gasteiger partial charge is 0.465 e. The SMILES string of the molecule is COC(=O)c1ccnc(N(CC#N)CC#N)c1. The Balaban J connectivity index is 3.01. The van der Waals surface area contributed by atoms with E-state index in [0.717, 1.165) is 0 Å². The maximum atomic E-state index is 11.3. The molecule has 0 saturated heterocycles. The van der Waals surface area contributed by atoms with Crippen LogP contribution in [-0.2, 0) is 4.74 Å². The Kier molecular flexibility index (Phi) is 4.46. The van der Waals surface area contributed by atoms with Gasteiger partial charge in [-0.2, -0.15) is 10.5 Å². The Hall–Kier alpha value is -2.60. The van der Waals surface area contributed by atoms with Gasteiger partial charge in [0.15, 0.2) is 0 Å². The Labute approximate surface area is 98.7 Å². The van der Waals surface area contributed by atoms with E-state index in [-0.39, 0.29) is 13.1 Å². The minimum atomic E-state index is -0.484. The third kappa shape index (κ3) is 3.18. The van der Waals surface area contributed by atoms with Gasteiger partial charge in [0.25, 0.3) is 0 Å². The van der Waals surface area contributed by atoms with Crippen LogP contribution in [0.1, 0.15) is 10.4 Å². The number of pyridine rings is 1. The number of nitrogens with zero attached hydrogens (tertiary/aromatic N) is 4. The molecule has 0 aliphatic heterocycles. The molecule has 0 atom stereocenters. The molecule has 6 nitrogen and oxygen atoms in total. The average molecular weight is 230 g/mol. The van der Waals surface area contributed by atoms with Crippen LogP contribution in [0.5, 0.6) is 0 Å².